The second-order valence-electron chi connectivity index (χ2n) is 5.25. The van der Waals surface area contributed by atoms with Gasteiger partial charge in [-0.25, -0.2) is 4.98 Å². The number of hydrogen-bond donors (Lipinski definition) is 2. The Bertz CT molecular complexity index is 968. The maximum Gasteiger partial charge on any atom is 0.222 e. The molecule has 0 bridgehead atoms. The van der Waals surface area contributed by atoms with Crippen molar-refractivity contribution in [1.29, 1.82) is 5.26 Å². The summed E-state index contributed by atoms with van der Waals surface area (Å²) in [6, 6.07) is 17.2. The summed E-state index contributed by atoms with van der Waals surface area (Å²) in [6.07, 6.45) is 0. The fourth-order valence-electron chi connectivity index (χ4n) is 2.34. The molecule has 0 amide bonds. The standard InChI is InChI=1S/C18H14BrN5O/c19-13-5-1-3-11(7-13)10-25-14-6-2-4-12(8-14)16-15(9-20)17(21)24-18(22)23-16/h1-8H,10H2,(H4,21,22,23,24). The normalized spacial score (nSPS) is 10.2. The number of anilines is 2. The first kappa shape index (κ1) is 16.7. The number of benzene rings is 2. The van der Waals surface area contributed by atoms with Crippen molar-refractivity contribution in [2.45, 2.75) is 6.61 Å². The monoisotopic (exact) mass is 395 g/mol. The van der Waals surface area contributed by atoms with Gasteiger partial charge in [0.15, 0.2) is 0 Å². The van der Waals surface area contributed by atoms with E-state index in [1.807, 2.05) is 48.5 Å². The van der Waals surface area contributed by atoms with Crippen molar-refractivity contribution in [3.63, 3.8) is 0 Å². The first-order valence-electron chi connectivity index (χ1n) is 7.37. The summed E-state index contributed by atoms with van der Waals surface area (Å²) in [5, 5.41) is 9.31. The third-order valence-corrected chi connectivity index (χ3v) is 3.96. The highest BCUT2D eigenvalue weighted by Crippen LogP contribution is 2.28. The largest absolute Gasteiger partial charge is 0.489 e. The van der Waals surface area contributed by atoms with Crippen molar-refractivity contribution >= 4 is 27.7 Å². The Kier molecular flexibility index (Phi) is 4.82. The predicted molar refractivity (Wildman–Crippen MR) is 99.5 cm³/mol. The number of aromatic nitrogens is 2. The molecular formula is C18H14BrN5O. The quantitative estimate of drug-likeness (QED) is 0.698. The van der Waals surface area contributed by atoms with Crippen LogP contribution in [0.15, 0.2) is 53.0 Å². The van der Waals surface area contributed by atoms with Crippen LogP contribution in [0.2, 0.25) is 0 Å². The Morgan fingerprint density at radius 1 is 1.08 bits per heavy atom. The van der Waals surface area contributed by atoms with Crippen molar-refractivity contribution < 1.29 is 4.74 Å². The van der Waals surface area contributed by atoms with Crippen LogP contribution in [0.5, 0.6) is 5.75 Å². The highest BCUT2D eigenvalue weighted by atomic mass is 79.9. The van der Waals surface area contributed by atoms with Gasteiger partial charge in [-0.3, -0.25) is 0 Å². The Hall–Kier alpha value is -3.11. The van der Waals surface area contributed by atoms with Crippen LogP contribution in [-0.4, -0.2) is 9.97 Å². The first-order chi connectivity index (χ1) is 12.1. The van der Waals surface area contributed by atoms with Gasteiger partial charge >= 0.3 is 0 Å². The third-order valence-electron chi connectivity index (χ3n) is 3.47. The van der Waals surface area contributed by atoms with Crippen molar-refractivity contribution in [3.05, 3.63) is 64.1 Å². The van der Waals surface area contributed by atoms with E-state index in [2.05, 4.69) is 25.9 Å². The number of ether oxygens (including phenoxy) is 1. The summed E-state index contributed by atoms with van der Waals surface area (Å²) in [6.45, 7) is 0.419. The fourth-order valence-corrected chi connectivity index (χ4v) is 2.79. The zero-order chi connectivity index (χ0) is 17.8. The molecule has 0 aliphatic carbocycles. The minimum Gasteiger partial charge on any atom is -0.489 e. The van der Waals surface area contributed by atoms with E-state index in [9.17, 15) is 5.26 Å². The highest BCUT2D eigenvalue weighted by molar-refractivity contribution is 9.10. The summed E-state index contributed by atoms with van der Waals surface area (Å²) >= 11 is 3.44. The molecule has 0 atom stereocenters. The van der Waals surface area contributed by atoms with E-state index < -0.39 is 0 Å². The molecular weight excluding hydrogens is 382 g/mol. The van der Waals surface area contributed by atoms with Gasteiger partial charge in [0.1, 0.15) is 29.8 Å². The SMILES string of the molecule is N#Cc1c(N)nc(N)nc1-c1cccc(OCc2cccc(Br)c2)c1. The van der Waals surface area contributed by atoms with E-state index in [0.717, 1.165) is 10.0 Å². The van der Waals surface area contributed by atoms with E-state index >= 15 is 0 Å². The predicted octanol–water partition coefficient (Wildman–Crippen LogP) is 3.52. The molecule has 0 saturated carbocycles. The maximum absolute atomic E-state index is 9.31. The molecule has 0 aliphatic heterocycles. The number of nitrogen functional groups attached to an aromatic ring is 2. The van der Waals surface area contributed by atoms with Crippen LogP contribution >= 0.6 is 15.9 Å². The van der Waals surface area contributed by atoms with Gasteiger partial charge in [0, 0.05) is 10.0 Å². The summed E-state index contributed by atoms with van der Waals surface area (Å²) < 4.78 is 6.83. The number of nitrogens with zero attached hydrogens (tertiary/aromatic N) is 3. The molecule has 1 heterocycles. The molecule has 25 heavy (non-hydrogen) atoms. The van der Waals surface area contributed by atoms with E-state index in [4.69, 9.17) is 16.2 Å². The van der Waals surface area contributed by atoms with Crippen LogP contribution < -0.4 is 16.2 Å². The lowest BCUT2D eigenvalue weighted by molar-refractivity contribution is 0.306. The smallest absolute Gasteiger partial charge is 0.222 e. The van der Waals surface area contributed by atoms with Gasteiger partial charge in [-0.1, -0.05) is 40.2 Å². The van der Waals surface area contributed by atoms with Gasteiger partial charge in [-0.2, -0.15) is 10.2 Å². The number of hydrogen-bond acceptors (Lipinski definition) is 6. The van der Waals surface area contributed by atoms with Crippen molar-refractivity contribution in [3.8, 4) is 23.1 Å². The van der Waals surface area contributed by atoms with Crippen LogP contribution in [0.25, 0.3) is 11.3 Å². The Balaban J connectivity index is 1.89. The topological polar surface area (TPSA) is 111 Å². The second kappa shape index (κ2) is 7.20. The minimum absolute atomic E-state index is 0.0203. The van der Waals surface area contributed by atoms with Crippen molar-refractivity contribution in [2.24, 2.45) is 0 Å². The van der Waals surface area contributed by atoms with Gasteiger partial charge in [0.25, 0.3) is 0 Å². The van der Waals surface area contributed by atoms with Crippen LogP contribution in [0.4, 0.5) is 11.8 Å². The average Bonchev–Trinajstić information content (AvgIpc) is 2.60. The Morgan fingerprint density at radius 3 is 2.64 bits per heavy atom. The second-order valence-corrected chi connectivity index (χ2v) is 6.16. The molecule has 0 unspecified atom stereocenters. The molecule has 2 aromatic carbocycles. The van der Waals surface area contributed by atoms with E-state index in [-0.39, 0.29) is 17.3 Å². The average molecular weight is 396 g/mol. The van der Waals surface area contributed by atoms with Crippen LogP contribution in [0.1, 0.15) is 11.1 Å². The Labute approximate surface area is 153 Å². The summed E-state index contributed by atoms with van der Waals surface area (Å²) in [5.41, 5.74) is 13.7. The molecule has 0 radical (unpaired) electrons. The van der Waals surface area contributed by atoms with Crippen molar-refractivity contribution in [1.82, 2.24) is 9.97 Å². The molecule has 0 spiro atoms. The zero-order valence-corrected chi connectivity index (χ0v) is 14.7. The van der Waals surface area contributed by atoms with Gasteiger partial charge < -0.3 is 16.2 Å². The highest BCUT2D eigenvalue weighted by Gasteiger charge is 2.13. The lowest BCUT2D eigenvalue weighted by Crippen LogP contribution is -2.05. The lowest BCUT2D eigenvalue weighted by atomic mass is 10.1. The van der Waals surface area contributed by atoms with Gasteiger partial charge in [0.05, 0.1) is 5.69 Å². The molecule has 0 aliphatic rings. The molecule has 0 saturated heterocycles. The summed E-state index contributed by atoms with van der Waals surface area (Å²) in [4.78, 5) is 7.97. The van der Waals surface area contributed by atoms with Crippen LogP contribution in [0, 0.1) is 11.3 Å². The van der Waals surface area contributed by atoms with Crippen LogP contribution in [-0.2, 0) is 6.61 Å². The minimum atomic E-state index is 0.0203. The number of halogens is 1. The molecule has 3 aromatic rings. The molecule has 7 heteroatoms. The van der Waals surface area contributed by atoms with E-state index in [1.165, 1.54) is 0 Å². The zero-order valence-electron chi connectivity index (χ0n) is 13.1. The third kappa shape index (κ3) is 3.87. The molecule has 3 rings (SSSR count). The first-order valence-corrected chi connectivity index (χ1v) is 8.17. The molecule has 124 valence electrons. The number of rotatable bonds is 4. The summed E-state index contributed by atoms with van der Waals surface area (Å²) in [7, 11) is 0. The van der Waals surface area contributed by atoms with E-state index in [1.54, 1.807) is 6.07 Å². The van der Waals surface area contributed by atoms with E-state index in [0.29, 0.717) is 23.6 Å². The van der Waals surface area contributed by atoms with Gasteiger partial charge in [0.2, 0.25) is 5.95 Å². The molecule has 1 aromatic heterocycles. The fraction of sp³-hybridized carbons (Fsp3) is 0.0556. The van der Waals surface area contributed by atoms with Crippen LogP contribution in [0.3, 0.4) is 0 Å². The molecule has 6 nitrogen and oxygen atoms in total. The number of nitrogens with two attached hydrogens (primary N) is 2. The molecule has 4 N–H and O–H groups in total. The van der Waals surface area contributed by atoms with Crippen molar-refractivity contribution in [2.75, 3.05) is 11.5 Å². The number of nitriles is 1. The maximum atomic E-state index is 9.31. The molecule has 0 fully saturated rings. The van der Waals surface area contributed by atoms with Gasteiger partial charge in [-0.15, -0.1) is 0 Å². The van der Waals surface area contributed by atoms with Gasteiger partial charge in [-0.05, 0) is 29.8 Å². The lowest BCUT2D eigenvalue weighted by Gasteiger charge is -2.10. The Morgan fingerprint density at radius 2 is 1.88 bits per heavy atom. The summed E-state index contributed by atoms with van der Waals surface area (Å²) in [5.74, 6) is 0.731.